The molecular weight excluding hydrogens is 357 g/mol. The van der Waals surface area contributed by atoms with Crippen molar-refractivity contribution >= 4 is 17.5 Å². The minimum Gasteiger partial charge on any atom is -0.338 e. The lowest BCUT2D eigenvalue weighted by Gasteiger charge is -2.29. The van der Waals surface area contributed by atoms with Crippen molar-refractivity contribution in [2.24, 2.45) is 5.92 Å². The molecule has 0 N–H and O–H groups in total. The summed E-state index contributed by atoms with van der Waals surface area (Å²) in [5.41, 5.74) is -1.81. The molecule has 138 valence electrons. The average molecular weight is 377 g/mol. The molecule has 1 atom stereocenters. The highest BCUT2D eigenvalue weighted by Crippen LogP contribution is 2.35. The van der Waals surface area contributed by atoms with Gasteiger partial charge in [-0.1, -0.05) is 24.4 Å². The van der Waals surface area contributed by atoms with Gasteiger partial charge in [0.25, 0.3) is 5.56 Å². The zero-order valence-corrected chi connectivity index (χ0v) is 14.4. The normalized spacial score (nSPS) is 21.9. The Bertz CT molecular complexity index is 711. The first-order valence-corrected chi connectivity index (χ1v) is 8.92. The lowest BCUT2D eigenvalue weighted by molar-refractivity contribution is -0.139. The van der Waals surface area contributed by atoms with Crippen molar-refractivity contribution in [2.45, 2.75) is 57.3 Å². The molecule has 2 heterocycles. The lowest BCUT2D eigenvalue weighted by atomic mass is 9.96. The van der Waals surface area contributed by atoms with Crippen LogP contribution >= 0.6 is 11.6 Å². The van der Waals surface area contributed by atoms with Gasteiger partial charge in [0.2, 0.25) is 5.91 Å². The molecule has 1 aromatic rings. The molecule has 1 amide bonds. The second kappa shape index (κ2) is 7.02. The molecule has 4 nitrogen and oxygen atoms in total. The summed E-state index contributed by atoms with van der Waals surface area (Å²) in [6.07, 6.45) is 2.36. The predicted octanol–water partition coefficient (Wildman–Crippen LogP) is 3.70. The number of rotatable bonds is 3. The number of hydrogen-bond acceptors (Lipinski definition) is 2. The monoisotopic (exact) mass is 376 g/mol. The zero-order valence-electron chi connectivity index (χ0n) is 13.7. The molecule has 0 spiro atoms. The molecule has 0 unspecified atom stereocenters. The van der Waals surface area contributed by atoms with Crippen LogP contribution in [-0.2, 0) is 17.5 Å². The highest BCUT2D eigenvalue weighted by molar-refractivity contribution is 6.30. The van der Waals surface area contributed by atoms with Crippen LogP contribution in [0.15, 0.2) is 17.1 Å². The minimum atomic E-state index is -4.62. The van der Waals surface area contributed by atoms with E-state index in [1.807, 2.05) is 0 Å². The van der Waals surface area contributed by atoms with Gasteiger partial charge < -0.3 is 9.47 Å². The lowest BCUT2D eigenvalue weighted by Crippen LogP contribution is -2.42. The van der Waals surface area contributed by atoms with E-state index in [0.29, 0.717) is 24.7 Å². The second-order valence-corrected chi connectivity index (χ2v) is 7.26. The van der Waals surface area contributed by atoms with Crippen molar-refractivity contribution in [3.63, 3.8) is 0 Å². The van der Waals surface area contributed by atoms with Gasteiger partial charge in [0, 0.05) is 18.8 Å². The van der Waals surface area contributed by atoms with Crippen LogP contribution in [-0.4, -0.2) is 28.0 Å². The number of nitrogens with zero attached hydrogens (tertiary/aromatic N) is 2. The third-order valence-corrected chi connectivity index (χ3v) is 5.51. The van der Waals surface area contributed by atoms with E-state index >= 15 is 0 Å². The van der Waals surface area contributed by atoms with Crippen LogP contribution in [0.3, 0.4) is 0 Å². The van der Waals surface area contributed by atoms with Crippen LogP contribution in [0.2, 0.25) is 5.02 Å². The molecule has 1 saturated heterocycles. The highest BCUT2D eigenvalue weighted by Gasteiger charge is 2.36. The summed E-state index contributed by atoms with van der Waals surface area (Å²) >= 11 is 5.64. The smallest absolute Gasteiger partial charge is 0.338 e. The van der Waals surface area contributed by atoms with E-state index in [0.717, 1.165) is 43.1 Å². The molecule has 0 aromatic carbocycles. The van der Waals surface area contributed by atoms with Crippen LogP contribution < -0.4 is 5.56 Å². The maximum atomic E-state index is 12.9. The topological polar surface area (TPSA) is 42.3 Å². The van der Waals surface area contributed by atoms with Crippen molar-refractivity contribution < 1.29 is 18.0 Å². The van der Waals surface area contributed by atoms with Gasteiger partial charge in [-0.05, 0) is 37.7 Å². The van der Waals surface area contributed by atoms with Gasteiger partial charge in [-0.25, -0.2) is 0 Å². The molecular formula is C17H20ClF3N2O2. The minimum absolute atomic E-state index is 0.145. The summed E-state index contributed by atoms with van der Waals surface area (Å²) in [7, 11) is 0. The maximum absolute atomic E-state index is 12.9. The molecule has 3 rings (SSSR count). The first kappa shape index (κ1) is 18.3. The number of hydrogen-bond donors (Lipinski definition) is 0. The average Bonchev–Trinajstić information content (AvgIpc) is 3.20. The molecule has 1 saturated carbocycles. The van der Waals surface area contributed by atoms with Crippen molar-refractivity contribution in [1.82, 2.24) is 9.47 Å². The summed E-state index contributed by atoms with van der Waals surface area (Å²) < 4.78 is 39.5. The largest absolute Gasteiger partial charge is 0.417 e. The van der Waals surface area contributed by atoms with E-state index in [2.05, 4.69) is 0 Å². The molecule has 25 heavy (non-hydrogen) atoms. The van der Waals surface area contributed by atoms with E-state index in [4.69, 9.17) is 11.6 Å². The van der Waals surface area contributed by atoms with E-state index in [1.54, 1.807) is 4.90 Å². The summed E-state index contributed by atoms with van der Waals surface area (Å²) in [6, 6.07) is 0.745. The number of carbonyl (C=O) groups excluding carboxylic acids is 1. The number of pyridine rings is 1. The first-order valence-electron chi connectivity index (χ1n) is 8.54. The van der Waals surface area contributed by atoms with E-state index in [9.17, 15) is 22.8 Å². The second-order valence-electron chi connectivity index (χ2n) is 6.85. The molecule has 2 aliphatic rings. The molecule has 1 aliphatic heterocycles. The third-order valence-electron chi connectivity index (χ3n) is 5.24. The fraction of sp³-hybridized carbons (Fsp3) is 0.647. The fourth-order valence-corrected chi connectivity index (χ4v) is 4.27. The van der Waals surface area contributed by atoms with E-state index < -0.39 is 28.9 Å². The molecule has 0 radical (unpaired) electrons. The Hall–Kier alpha value is -1.50. The summed E-state index contributed by atoms with van der Waals surface area (Å²) in [5.74, 6) is 0.153. The van der Waals surface area contributed by atoms with Gasteiger partial charge in [0.1, 0.15) is 11.6 Å². The van der Waals surface area contributed by atoms with Crippen molar-refractivity contribution in [3.05, 3.63) is 33.2 Å². The van der Waals surface area contributed by atoms with Gasteiger partial charge >= 0.3 is 6.18 Å². The van der Waals surface area contributed by atoms with Gasteiger partial charge in [-0.15, -0.1) is 0 Å². The van der Waals surface area contributed by atoms with Crippen LogP contribution in [0, 0.1) is 5.92 Å². The first-order chi connectivity index (χ1) is 11.8. The van der Waals surface area contributed by atoms with Crippen LogP contribution in [0.25, 0.3) is 0 Å². The summed E-state index contributed by atoms with van der Waals surface area (Å²) in [6.45, 7) is 0.188. The maximum Gasteiger partial charge on any atom is 0.417 e. The van der Waals surface area contributed by atoms with E-state index in [1.165, 1.54) is 0 Å². The van der Waals surface area contributed by atoms with Crippen molar-refractivity contribution in [2.75, 3.05) is 6.54 Å². The van der Waals surface area contributed by atoms with Crippen molar-refractivity contribution in [3.8, 4) is 0 Å². The molecule has 2 fully saturated rings. The Morgan fingerprint density at radius 3 is 2.52 bits per heavy atom. The van der Waals surface area contributed by atoms with Gasteiger partial charge in [0.05, 0.1) is 5.56 Å². The molecule has 0 bridgehead atoms. The number of aromatic nitrogens is 1. The Kier molecular flexibility index (Phi) is 5.14. The fourth-order valence-electron chi connectivity index (χ4n) is 4.04. The number of alkyl halides is 3. The van der Waals surface area contributed by atoms with Gasteiger partial charge in [-0.2, -0.15) is 13.2 Å². The predicted molar refractivity (Wildman–Crippen MR) is 87.4 cm³/mol. The van der Waals surface area contributed by atoms with Gasteiger partial charge in [0.15, 0.2) is 0 Å². The van der Waals surface area contributed by atoms with Crippen molar-refractivity contribution in [1.29, 1.82) is 0 Å². The number of likely N-dealkylation sites (tertiary alicyclic amines) is 1. The zero-order chi connectivity index (χ0) is 18.2. The summed E-state index contributed by atoms with van der Waals surface area (Å²) in [4.78, 5) is 26.4. The Balaban J connectivity index is 1.80. The molecule has 1 aliphatic carbocycles. The van der Waals surface area contributed by atoms with E-state index in [-0.39, 0.29) is 11.9 Å². The number of amides is 1. The standard InChI is InChI=1S/C17H20ClF3N2O2/c18-13-8-12(17(19,20)21)9-22(16(13)25)10-15(24)23-7-3-6-14(23)11-4-1-2-5-11/h8-9,11,14H,1-7,10H2/t14-/m0/s1. The SMILES string of the molecule is O=C(Cn1cc(C(F)(F)F)cc(Cl)c1=O)N1CCC[C@H]1C1CCCC1. The Morgan fingerprint density at radius 2 is 1.88 bits per heavy atom. The number of carbonyl (C=O) groups is 1. The summed E-state index contributed by atoms with van der Waals surface area (Å²) in [5, 5.41) is -0.531. The Morgan fingerprint density at radius 1 is 1.20 bits per heavy atom. The molecule has 8 heteroatoms. The molecule has 1 aromatic heterocycles. The van der Waals surface area contributed by atoms with Crippen LogP contribution in [0.5, 0.6) is 0 Å². The van der Waals surface area contributed by atoms with Crippen LogP contribution in [0.1, 0.15) is 44.1 Å². The van der Waals surface area contributed by atoms with Crippen LogP contribution in [0.4, 0.5) is 13.2 Å². The van der Waals surface area contributed by atoms with Gasteiger partial charge in [-0.3, -0.25) is 9.59 Å². The quantitative estimate of drug-likeness (QED) is 0.807. The third kappa shape index (κ3) is 3.86. The highest BCUT2D eigenvalue weighted by atomic mass is 35.5. The number of halogens is 4. The Labute approximate surface area is 148 Å².